The second-order valence-corrected chi connectivity index (χ2v) is 10.7. The minimum Gasteiger partial charge on any atom is -0.441 e. The molecule has 7 nitrogen and oxygen atoms in total. The van der Waals surface area contributed by atoms with E-state index in [-0.39, 0.29) is 23.5 Å². The smallest absolute Gasteiger partial charge is 0.282 e. The summed E-state index contributed by atoms with van der Waals surface area (Å²) in [5.74, 6) is -1.08. The number of ketones is 1. The number of benzene rings is 2. The number of rotatable bonds is 8. The Kier molecular flexibility index (Phi) is 6.44. The van der Waals surface area contributed by atoms with Crippen LogP contribution in [-0.4, -0.2) is 45.6 Å². The lowest BCUT2D eigenvalue weighted by molar-refractivity contribution is -0.120. The number of oxazole rings is 1. The highest BCUT2D eigenvalue weighted by molar-refractivity contribution is 5.95. The quantitative estimate of drug-likeness (QED) is 0.307. The van der Waals surface area contributed by atoms with Gasteiger partial charge in [0.15, 0.2) is 0 Å². The number of carbonyl (C=O) groups is 2. The minimum absolute atomic E-state index is 0.0234. The summed E-state index contributed by atoms with van der Waals surface area (Å²) in [5, 5.41) is 0. The molecule has 6 rings (SSSR count). The SMILES string of the molecule is Cc1cc(-c2ccc(C(=O)N3CC(F)(F)C3)cc2)ccc1-c1ncc(CCC(=O)C2CC2c2ccc(N)nc2)o1. The predicted molar refractivity (Wildman–Crippen MR) is 146 cm³/mol. The van der Waals surface area contributed by atoms with Crippen molar-refractivity contribution in [1.82, 2.24) is 14.9 Å². The van der Waals surface area contributed by atoms with E-state index < -0.39 is 19.0 Å². The first kappa shape index (κ1) is 25.9. The van der Waals surface area contributed by atoms with Gasteiger partial charge >= 0.3 is 0 Å². The van der Waals surface area contributed by atoms with Crippen LogP contribution in [0.4, 0.5) is 14.6 Å². The molecule has 2 atom stereocenters. The fourth-order valence-electron chi connectivity index (χ4n) is 5.26. The van der Waals surface area contributed by atoms with Gasteiger partial charge in [-0.3, -0.25) is 9.59 Å². The summed E-state index contributed by atoms with van der Waals surface area (Å²) < 4.78 is 32.2. The summed E-state index contributed by atoms with van der Waals surface area (Å²) in [6.45, 7) is 0.903. The van der Waals surface area contributed by atoms with Crippen LogP contribution in [0, 0.1) is 12.8 Å². The van der Waals surface area contributed by atoms with Crippen molar-refractivity contribution >= 4 is 17.5 Å². The van der Waals surface area contributed by atoms with Gasteiger partial charge in [0.25, 0.3) is 11.8 Å². The molecule has 40 heavy (non-hydrogen) atoms. The Morgan fingerprint density at radius 2 is 1.77 bits per heavy atom. The van der Waals surface area contributed by atoms with Crippen molar-refractivity contribution in [3.63, 3.8) is 0 Å². The van der Waals surface area contributed by atoms with E-state index in [1.165, 1.54) is 0 Å². The molecule has 2 aliphatic rings. The van der Waals surface area contributed by atoms with Gasteiger partial charge in [0, 0.05) is 36.1 Å². The average molecular weight is 543 g/mol. The lowest BCUT2D eigenvalue weighted by atomic mass is 9.98. The Labute approximate surface area is 230 Å². The van der Waals surface area contributed by atoms with Crippen molar-refractivity contribution in [2.75, 3.05) is 18.8 Å². The zero-order valence-corrected chi connectivity index (χ0v) is 21.9. The molecular formula is C31H28F2N4O3. The standard InChI is InChI=1S/C31H28F2N4O3/c1-18-12-21(19-2-4-20(5-3-19)30(39)37-16-31(32,33)17-37)6-9-24(18)29-36-15-23(40-29)8-10-27(38)26-13-25(26)22-7-11-28(34)35-14-22/h2-7,9,11-12,14-15,25-26H,8,10,13,16-17H2,1H3,(H2,34,35). The molecule has 204 valence electrons. The first-order valence-corrected chi connectivity index (χ1v) is 13.2. The number of amides is 1. The van der Waals surface area contributed by atoms with E-state index in [9.17, 15) is 18.4 Å². The fourth-order valence-corrected chi connectivity index (χ4v) is 5.26. The molecule has 0 radical (unpaired) electrons. The van der Waals surface area contributed by atoms with Gasteiger partial charge < -0.3 is 15.1 Å². The molecule has 2 unspecified atom stereocenters. The van der Waals surface area contributed by atoms with Gasteiger partial charge in [-0.05, 0) is 65.8 Å². The number of aromatic nitrogens is 2. The Hall–Kier alpha value is -4.40. The van der Waals surface area contributed by atoms with Crippen molar-refractivity contribution in [2.24, 2.45) is 5.92 Å². The molecule has 0 spiro atoms. The molecule has 3 heterocycles. The van der Waals surface area contributed by atoms with Crippen LogP contribution in [0.25, 0.3) is 22.6 Å². The maximum atomic E-state index is 13.1. The number of hydrogen-bond donors (Lipinski definition) is 1. The average Bonchev–Trinajstić information content (AvgIpc) is 3.60. The minimum atomic E-state index is -2.78. The predicted octanol–water partition coefficient (Wildman–Crippen LogP) is 5.69. The summed E-state index contributed by atoms with van der Waals surface area (Å²) >= 11 is 0. The van der Waals surface area contributed by atoms with E-state index in [0.717, 1.165) is 39.1 Å². The molecule has 1 saturated carbocycles. The Morgan fingerprint density at radius 3 is 2.45 bits per heavy atom. The molecule has 2 aromatic heterocycles. The normalized spacial score (nSPS) is 19.2. The molecule has 0 bridgehead atoms. The number of nitrogens with two attached hydrogens (primary N) is 1. The highest BCUT2D eigenvalue weighted by Gasteiger charge is 2.46. The second-order valence-electron chi connectivity index (χ2n) is 10.7. The molecule has 1 aliphatic heterocycles. The number of carbonyl (C=O) groups excluding carboxylic acids is 2. The fraction of sp³-hybridized carbons (Fsp3) is 0.290. The van der Waals surface area contributed by atoms with Crippen LogP contribution < -0.4 is 5.73 Å². The Bertz CT molecular complexity index is 1570. The van der Waals surface area contributed by atoms with Gasteiger partial charge in [-0.15, -0.1) is 0 Å². The third-order valence-electron chi connectivity index (χ3n) is 7.67. The van der Waals surface area contributed by atoms with Crippen molar-refractivity contribution in [2.45, 2.75) is 38.0 Å². The topological polar surface area (TPSA) is 102 Å². The van der Waals surface area contributed by atoms with Crippen LogP contribution in [0.15, 0.2) is 71.4 Å². The van der Waals surface area contributed by atoms with E-state index in [2.05, 4.69) is 9.97 Å². The van der Waals surface area contributed by atoms with Crippen LogP contribution in [0.2, 0.25) is 0 Å². The third kappa shape index (κ3) is 5.23. The number of alkyl halides is 2. The molecule has 1 aliphatic carbocycles. The molecular weight excluding hydrogens is 514 g/mol. The molecule has 2 N–H and O–H groups in total. The van der Waals surface area contributed by atoms with Crippen LogP contribution in [0.1, 0.15) is 46.0 Å². The van der Waals surface area contributed by atoms with Crippen LogP contribution in [0.3, 0.4) is 0 Å². The van der Waals surface area contributed by atoms with Gasteiger partial charge in [0.05, 0.1) is 19.3 Å². The maximum Gasteiger partial charge on any atom is 0.282 e. The van der Waals surface area contributed by atoms with Gasteiger partial charge in [0.2, 0.25) is 5.89 Å². The number of pyridine rings is 1. The molecule has 2 aromatic carbocycles. The largest absolute Gasteiger partial charge is 0.441 e. The van der Waals surface area contributed by atoms with Gasteiger partial charge in [-0.1, -0.05) is 30.3 Å². The van der Waals surface area contributed by atoms with E-state index in [1.54, 1.807) is 30.6 Å². The van der Waals surface area contributed by atoms with Crippen LogP contribution in [-0.2, 0) is 11.2 Å². The second kappa shape index (κ2) is 9.97. The van der Waals surface area contributed by atoms with E-state index in [0.29, 0.717) is 35.9 Å². The highest BCUT2D eigenvalue weighted by Crippen LogP contribution is 2.48. The number of hydrogen-bond acceptors (Lipinski definition) is 6. The van der Waals surface area contributed by atoms with Gasteiger partial charge in [0.1, 0.15) is 17.4 Å². The number of nitrogen functional groups attached to an aromatic ring is 1. The van der Waals surface area contributed by atoms with Crippen molar-refractivity contribution < 1.29 is 22.8 Å². The number of halogens is 2. The molecule has 1 saturated heterocycles. The maximum absolute atomic E-state index is 13.1. The zero-order chi connectivity index (χ0) is 28.0. The molecule has 9 heteroatoms. The first-order valence-electron chi connectivity index (χ1n) is 13.2. The van der Waals surface area contributed by atoms with E-state index in [1.807, 2.05) is 43.3 Å². The molecule has 2 fully saturated rings. The monoisotopic (exact) mass is 542 g/mol. The van der Waals surface area contributed by atoms with Gasteiger partial charge in [-0.25, -0.2) is 18.7 Å². The Morgan fingerprint density at radius 1 is 1.02 bits per heavy atom. The number of nitrogens with zero attached hydrogens (tertiary/aromatic N) is 3. The summed E-state index contributed by atoms with van der Waals surface area (Å²) in [6.07, 6.45) is 5.16. The number of Topliss-reactive ketones (excluding diaryl/α,β-unsaturated/α-hetero) is 1. The number of aryl methyl sites for hydroxylation is 2. The van der Waals surface area contributed by atoms with Crippen molar-refractivity contribution in [3.8, 4) is 22.6 Å². The number of anilines is 1. The number of likely N-dealkylation sites (tertiary alicyclic amines) is 1. The lowest BCUT2D eigenvalue weighted by Gasteiger charge is -2.38. The molecule has 1 amide bonds. The highest BCUT2D eigenvalue weighted by atomic mass is 19.3. The Balaban J connectivity index is 1.06. The summed E-state index contributed by atoms with van der Waals surface area (Å²) in [7, 11) is 0. The summed E-state index contributed by atoms with van der Waals surface area (Å²) in [4.78, 5) is 34.8. The lowest BCUT2D eigenvalue weighted by Crippen LogP contribution is -2.58. The van der Waals surface area contributed by atoms with Crippen molar-refractivity contribution in [1.29, 1.82) is 0 Å². The van der Waals surface area contributed by atoms with Crippen LogP contribution in [0.5, 0.6) is 0 Å². The molecule has 4 aromatic rings. The first-order chi connectivity index (χ1) is 19.2. The van der Waals surface area contributed by atoms with Crippen LogP contribution >= 0.6 is 0 Å². The summed E-state index contributed by atoms with van der Waals surface area (Å²) in [5.41, 5.74) is 10.8. The van der Waals surface area contributed by atoms with E-state index in [4.69, 9.17) is 10.2 Å². The summed E-state index contributed by atoms with van der Waals surface area (Å²) in [6, 6.07) is 16.5. The van der Waals surface area contributed by atoms with Crippen molar-refractivity contribution in [3.05, 3.63) is 89.4 Å². The van der Waals surface area contributed by atoms with E-state index >= 15 is 0 Å². The zero-order valence-electron chi connectivity index (χ0n) is 21.9. The van der Waals surface area contributed by atoms with Gasteiger partial charge in [-0.2, -0.15) is 0 Å². The third-order valence-corrected chi connectivity index (χ3v) is 7.67.